The summed E-state index contributed by atoms with van der Waals surface area (Å²) >= 11 is 5.94. The number of pyridine rings is 1. The Morgan fingerprint density at radius 2 is 1.88 bits per heavy atom. The molecule has 0 radical (unpaired) electrons. The van der Waals surface area contributed by atoms with Crippen LogP contribution < -0.4 is 5.32 Å². The first-order valence-electron chi connectivity index (χ1n) is 7.89. The molecule has 0 spiro atoms. The van der Waals surface area contributed by atoms with Gasteiger partial charge >= 0.3 is 0 Å². The number of nitrogens with one attached hydrogen (secondary N) is 1. The van der Waals surface area contributed by atoms with E-state index in [4.69, 9.17) is 11.6 Å². The Bertz CT molecular complexity index is 728. The highest BCUT2D eigenvalue weighted by atomic mass is 35.5. The van der Waals surface area contributed by atoms with Crippen LogP contribution in [0.25, 0.3) is 0 Å². The highest BCUT2D eigenvalue weighted by Crippen LogP contribution is 2.17. The second kappa shape index (κ2) is 7.45. The number of amides is 2. The number of aromatic nitrogens is 1. The van der Waals surface area contributed by atoms with Crippen molar-refractivity contribution in [1.82, 2.24) is 15.2 Å². The molecule has 1 aromatic heterocycles. The number of halogens is 1. The molecule has 124 valence electrons. The van der Waals surface area contributed by atoms with Gasteiger partial charge in [-0.05, 0) is 43.2 Å². The van der Waals surface area contributed by atoms with Crippen molar-refractivity contribution in [2.45, 2.75) is 18.9 Å². The zero-order valence-corrected chi connectivity index (χ0v) is 13.9. The second-order valence-corrected chi connectivity index (χ2v) is 6.23. The SMILES string of the molecule is O=C(NC1CCN(C(=O)c2cccc(Cl)c2)CC1)c1cccnc1. The van der Waals surface area contributed by atoms with E-state index in [1.165, 1.54) is 0 Å². The molecule has 1 saturated heterocycles. The fraction of sp³-hybridized carbons (Fsp3) is 0.278. The monoisotopic (exact) mass is 343 g/mol. The predicted octanol–water partition coefficient (Wildman–Crippen LogP) is 2.77. The summed E-state index contributed by atoms with van der Waals surface area (Å²) in [7, 11) is 0. The minimum Gasteiger partial charge on any atom is -0.349 e. The number of hydrogen-bond acceptors (Lipinski definition) is 3. The zero-order valence-electron chi connectivity index (χ0n) is 13.1. The first kappa shape index (κ1) is 16.5. The molecule has 1 N–H and O–H groups in total. The summed E-state index contributed by atoms with van der Waals surface area (Å²) in [6, 6.07) is 10.5. The highest BCUT2D eigenvalue weighted by molar-refractivity contribution is 6.30. The maximum atomic E-state index is 12.5. The summed E-state index contributed by atoms with van der Waals surface area (Å²) in [4.78, 5) is 30.4. The van der Waals surface area contributed by atoms with E-state index < -0.39 is 0 Å². The van der Waals surface area contributed by atoms with Crippen molar-refractivity contribution in [3.05, 3.63) is 64.9 Å². The third-order valence-electron chi connectivity index (χ3n) is 4.11. The molecule has 0 aliphatic carbocycles. The number of hydrogen-bond donors (Lipinski definition) is 1. The summed E-state index contributed by atoms with van der Waals surface area (Å²) in [5.41, 5.74) is 1.15. The van der Waals surface area contributed by atoms with Gasteiger partial charge in [0.05, 0.1) is 5.56 Å². The van der Waals surface area contributed by atoms with Gasteiger partial charge in [0.1, 0.15) is 0 Å². The minimum atomic E-state index is -0.122. The van der Waals surface area contributed by atoms with Crippen molar-refractivity contribution in [3.63, 3.8) is 0 Å². The fourth-order valence-electron chi connectivity index (χ4n) is 2.80. The van der Waals surface area contributed by atoms with Gasteiger partial charge in [-0.3, -0.25) is 14.6 Å². The van der Waals surface area contributed by atoms with E-state index in [1.54, 1.807) is 53.7 Å². The van der Waals surface area contributed by atoms with E-state index in [9.17, 15) is 9.59 Å². The van der Waals surface area contributed by atoms with E-state index in [-0.39, 0.29) is 17.9 Å². The van der Waals surface area contributed by atoms with Gasteiger partial charge in [-0.15, -0.1) is 0 Å². The molecule has 0 bridgehead atoms. The Hall–Kier alpha value is -2.40. The summed E-state index contributed by atoms with van der Waals surface area (Å²) in [5.74, 6) is -0.141. The number of carbonyl (C=O) groups is 2. The molecule has 1 aliphatic heterocycles. The molecule has 5 nitrogen and oxygen atoms in total. The Kier molecular flexibility index (Phi) is 5.11. The van der Waals surface area contributed by atoms with Crippen LogP contribution >= 0.6 is 11.6 Å². The lowest BCUT2D eigenvalue weighted by Gasteiger charge is -2.32. The van der Waals surface area contributed by atoms with Crippen LogP contribution in [0.1, 0.15) is 33.6 Å². The third kappa shape index (κ3) is 3.92. The Balaban J connectivity index is 1.54. The molecular weight excluding hydrogens is 326 g/mol. The number of likely N-dealkylation sites (tertiary alicyclic amines) is 1. The molecule has 2 amide bonds. The van der Waals surface area contributed by atoms with E-state index in [1.807, 2.05) is 0 Å². The largest absolute Gasteiger partial charge is 0.349 e. The number of nitrogens with zero attached hydrogens (tertiary/aromatic N) is 2. The first-order valence-corrected chi connectivity index (χ1v) is 8.27. The number of benzene rings is 1. The van der Waals surface area contributed by atoms with E-state index >= 15 is 0 Å². The molecule has 6 heteroatoms. The fourth-order valence-corrected chi connectivity index (χ4v) is 2.99. The Morgan fingerprint density at radius 1 is 1.12 bits per heavy atom. The quantitative estimate of drug-likeness (QED) is 0.932. The molecule has 3 rings (SSSR count). The van der Waals surface area contributed by atoms with E-state index in [0.29, 0.717) is 29.2 Å². The smallest absolute Gasteiger partial charge is 0.253 e. The standard InChI is InChI=1S/C18H18ClN3O2/c19-15-5-1-3-13(11-15)18(24)22-9-6-16(7-10-22)21-17(23)14-4-2-8-20-12-14/h1-5,8,11-12,16H,6-7,9-10H2,(H,21,23). The summed E-state index contributed by atoms with van der Waals surface area (Å²) in [6.07, 6.45) is 4.65. The molecule has 1 fully saturated rings. The molecule has 0 saturated carbocycles. The van der Waals surface area contributed by atoms with Gasteiger partial charge in [-0.1, -0.05) is 17.7 Å². The van der Waals surface area contributed by atoms with Crippen LogP contribution in [0, 0.1) is 0 Å². The van der Waals surface area contributed by atoms with Crippen LogP contribution in [0.2, 0.25) is 5.02 Å². The van der Waals surface area contributed by atoms with Crippen LogP contribution in [0.4, 0.5) is 0 Å². The summed E-state index contributed by atoms with van der Waals surface area (Å²) in [6.45, 7) is 1.23. The first-order chi connectivity index (χ1) is 11.6. The Morgan fingerprint density at radius 3 is 2.54 bits per heavy atom. The van der Waals surface area contributed by atoms with Crippen molar-refractivity contribution in [2.24, 2.45) is 0 Å². The summed E-state index contributed by atoms with van der Waals surface area (Å²) < 4.78 is 0. The van der Waals surface area contributed by atoms with Crippen molar-refractivity contribution in [3.8, 4) is 0 Å². The minimum absolute atomic E-state index is 0.0189. The average molecular weight is 344 g/mol. The normalized spacial score (nSPS) is 15.1. The lowest BCUT2D eigenvalue weighted by molar-refractivity contribution is 0.0698. The number of carbonyl (C=O) groups excluding carboxylic acids is 2. The van der Waals surface area contributed by atoms with Crippen molar-refractivity contribution in [2.75, 3.05) is 13.1 Å². The second-order valence-electron chi connectivity index (χ2n) is 5.79. The van der Waals surface area contributed by atoms with Gasteiger partial charge in [-0.25, -0.2) is 0 Å². The third-order valence-corrected chi connectivity index (χ3v) is 4.35. The van der Waals surface area contributed by atoms with Crippen LogP contribution in [0.5, 0.6) is 0 Å². The van der Waals surface area contributed by atoms with Crippen molar-refractivity contribution >= 4 is 23.4 Å². The van der Waals surface area contributed by atoms with Gasteiger partial charge in [-0.2, -0.15) is 0 Å². The average Bonchev–Trinajstić information content (AvgIpc) is 2.62. The molecular formula is C18H18ClN3O2. The molecule has 0 atom stereocenters. The van der Waals surface area contributed by atoms with Gasteiger partial charge in [0.25, 0.3) is 11.8 Å². The molecule has 0 unspecified atom stereocenters. The van der Waals surface area contributed by atoms with Gasteiger partial charge < -0.3 is 10.2 Å². The lowest BCUT2D eigenvalue weighted by atomic mass is 10.0. The predicted molar refractivity (Wildman–Crippen MR) is 92.1 cm³/mol. The van der Waals surface area contributed by atoms with Crippen molar-refractivity contribution < 1.29 is 9.59 Å². The highest BCUT2D eigenvalue weighted by Gasteiger charge is 2.25. The lowest BCUT2D eigenvalue weighted by Crippen LogP contribution is -2.46. The van der Waals surface area contributed by atoms with Gasteiger partial charge in [0.15, 0.2) is 0 Å². The van der Waals surface area contributed by atoms with E-state index in [2.05, 4.69) is 10.3 Å². The molecule has 2 aromatic rings. The molecule has 1 aromatic carbocycles. The van der Waals surface area contributed by atoms with Crippen LogP contribution in [0.3, 0.4) is 0 Å². The van der Waals surface area contributed by atoms with Crippen LogP contribution in [-0.2, 0) is 0 Å². The van der Waals surface area contributed by atoms with Crippen LogP contribution in [0.15, 0.2) is 48.8 Å². The maximum Gasteiger partial charge on any atom is 0.253 e. The van der Waals surface area contributed by atoms with Crippen LogP contribution in [-0.4, -0.2) is 40.8 Å². The number of piperidine rings is 1. The molecule has 24 heavy (non-hydrogen) atoms. The van der Waals surface area contributed by atoms with Gasteiger partial charge in [0.2, 0.25) is 0 Å². The number of rotatable bonds is 3. The molecule has 1 aliphatic rings. The molecule has 2 heterocycles. The maximum absolute atomic E-state index is 12.5. The topological polar surface area (TPSA) is 62.3 Å². The Labute approximate surface area is 145 Å². The summed E-state index contributed by atoms with van der Waals surface area (Å²) in [5, 5.41) is 3.56. The van der Waals surface area contributed by atoms with Gasteiger partial charge in [0, 0.05) is 42.1 Å². The van der Waals surface area contributed by atoms with E-state index in [0.717, 1.165) is 12.8 Å². The zero-order chi connectivity index (χ0) is 16.9. The van der Waals surface area contributed by atoms with Crippen molar-refractivity contribution in [1.29, 1.82) is 0 Å².